The van der Waals surface area contributed by atoms with Gasteiger partial charge in [0.05, 0.1) is 42.2 Å². The van der Waals surface area contributed by atoms with Crippen LogP contribution in [0.4, 0.5) is 13.2 Å². The van der Waals surface area contributed by atoms with Gasteiger partial charge in [0, 0.05) is 30.6 Å². The van der Waals surface area contributed by atoms with Crippen molar-refractivity contribution in [1.82, 2.24) is 24.1 Å². The summed E-state index contributed by atoms with van der Waals surface area (Å²) in [4.78, 5) is 20.2. The molecule has 1 atom stereocenters. The number of esters is 1. The van der Waals surface area contributed by atoms with Gasteiger partial charge in [0.2, 0.25) is 0 Å². The van der Waals surface area contributed by atoms with Gasteiger partial charge >= 0.3 is 12.1 Å². The zero-order valence-corrected chi connectivity index (χ0v) is 23.7. The average Bonchev–Trinajstić information content (AvgIpc) is 3.69. The zero-order chi connectivity index (χ0) is 29.3. The number of hydrogen-bond donors (Lipinski definition) is 0. The van der Waals surface area contributed by atoms with Crippen LogP contribution in [0, 0.1) is 0 Å². The summed E-state index contributed by atoms with van der Waals surface area (Å²) in [7, 11) is 5.30. The molecular formula is C29H28F3N5O3S. The number of thiophene rings is 1. The van der Waals surface area contributed by atoms with E-state index in [0.29, 0.717) is 16.1 Å². The maximum Gasteiger partial charge on any atom is 0.416 e. The Morgan fingerprint density at radius 3 is 2.66 bits per heavy atom. The number of ether oxygens (including phenoxy) is 2. The van der Waals surface area contributed by atoms with E-state index < -0.39 is 23.8 Å². The third kappa shape index (κ3) is 6.13. The van der Waals surface area contributed by atoms with Crippen molar-refractivity contribution in [2.24, 2.45) is 0 Å². The summed E-state index contributed by atoms with van der Waals surface area (Å²) in [5.41, 5.74) is 2.92. The van der Waals surface area contributed by atoms with Gasteiger partial charge in [0.1, 0.15) is 17.5 Å². The Kier molecular flexibility index (Phi) is 7.87. The van der Waals surface area contributed by atoms with E-state index in [4.69, 9.17) is 9.47 Å². The molecule has 0 spiro atoms. The molecule has 0 fully saturated rings. The smallest absolute Gasteiger partial charge is 0.416 e. The Balaban J connectivity index is 1.43. The van der Waals surface area contributed by atoms with Gasteiger partial charge in [-0.05, 0) is 56.4 Å². The maximum absolute atomic E-state index is 13.2. The van der Waals surface area contributed by atoms with Gasteiger partial charge in [-0.15, -0.1) is 11.3 Å². The fourth-order valence-corrected chi connectivity index (χ4v) is 5.35. The zero-order valence-electron chi connectivity index (χ0n) is 22.8. The van der Waals surface area contributed by atoms with E-state index in [1.54, 1.807) is 25.3 Å². The van der Waals surface area contributed by atoms with E-state index in [9.17, 15) is 18.0 Å². The number of alkyl halides is 3. The van der Waals surface area contributed by atoms with E-state index in [1.807, 2.05) is 53.9 Å². The van der Waals surface area contributed by atoms with Crippen LogP contribution in [-0.2, 0) is 17.5 Å². The highest BCUT2D eigenvalue weighted by molar-refractivity contribution is 7.17. The molecule has 0 aliphatic heterocycles. The first-order chi connectivity index (χ1) is 19.5. The third-order valence-electron chi connectivity index (χ3n) is 6.56. The number of fused-ring (bicyclic) bond motifs is 1. The Morgan fingerprint density at radius 2 is 1.93 bits per heavy atom. The second-order valence-electron chi connectivity index (χ2n) is 9.76. The van der Waals surface area contributed by atoms with Crippen molar-refractivity contribution in [2.75, 3.05) is 27.7 Å². The minimum atomic E-state index is -4.47. The monoisotopic (exact) mass is 583 g/mol. The summed E-state index contributed by atoms with van der Waals surface area (Å²) >= 11 is 1.16. The van der Waals surface area contributed by atoms with Crippen molar-refractivity contribution in [3.8, 4) is 27.4 Å². The van der Waals surface area contributed by atoms with E-state index in [0.717, 1.165) is 53.4 Å². The van der Waals surface area contributed by atoms with Crippen LogP contribution >= 0.6 is 11.3 Å². The number of likely N-dealkylation sites (N-methyl/N-ethyl adjacent to an activating group) is 1. The average molecular weight is 584 g/mol. The van der Waals surface area contributed by atoms with Crippen molar-refractivity contribution in [3.05, 3.63) is 83.3 Å². The van der Waals surface area contributed by atoms with Crippen molar-refractivity contribution >= 4 is 23.0 Å². The van der Waals surface area contributed by atoms with Crippen molar-refractivity contribution in [1.29, 1.82) is 0 Å². The van der Waals surface area contributed by atoms with Crippen molar-refractivity contribution in [3.63, 3.8) is 0 Å². The quantitative estimate of drug-likeness (QED) is 0.186. The number of benzene rings is 1. The number of halogens is 3. The molecule has 214 valence electrons. The topological polar surface area (TPSA) is 73.9 Å². The highest BCUT2D eigenvalue weighted by Gasteiger charge is 2.31. The molecule has 0 bridgehead atoms. The molecule has 0 N–H and O–H groups in total. The molecule has 1 aromatic carbocycles. The Bertz CT molecular complexity index is 1690. The first-order valence-corrected chi connectivity index (χ1v) is 13.6. The van der Waals surface area contributed by atoms with E-state index in [2.05, 4.69) is 15.0 Å². The van der Waals surface area contributed by atoms with Gasteiger partial charge in [0.15, 0.2) is 4.88 Å². The molecule has 1 unspecified atom stereocenters. The number of methoxy groups -OCH3 is 1. The molecule has 0 saturated carbocycles. The lowest BCUT2D eigenvalue weighted by atomic mass is 10.1. The van der Waals surface area contributed by atoms with Gasteiger partial charge in [-0.25, -0.2) is 9.78 Å². The van der Waals surface area contributed by atoms with Gasteiger partial charge < -0.3 is 14.4 Å². The first kappa shape index (κ1) is 28.4. The number of pyridine rings is 1. The molecule has 0 aliphatic carbocycles. The Labute approximate surface area is 238 Å². The van der Waals surface area contributed by atoms with Crippen LogP contribution in [0.5, 0.6) is 5.75 Å². The molecule has 41 heavy (non-hydrogen) atoms. The number of carbonyl (C=O) groups excluding carboxylic acids is 1. The number of nitrogens with zero attached hydrogens (tertiary/aromatic N) is 5. The number of aromatic nitrogens is 4. The molecule has 5 aromatic rings. The minimum absolute atomic E-state index is 0.207. The molecule has 4 heterocycles. The van der Waals surface area contributed by atoms with E-state index >= 15 is 0 Å². The van der Waals surface area contributed by atoms with Crippen molar-refractivity contribution in [2.45, 2.75) is 25.7 Å². The lowest BCUT2D eigenvalue weighted by molar-refractivity contribution is -0.137. The molecular weight excluding hydrogens is 555 g/mol. The SMILES string of the molecule is COC(=O)c1sc(-c2cnc3cc(-c4cnn(CCN(C)C)c4)ccn23)cc1OC(C)c1cccc(C(F)(F)F)c1. The molecule has 4 aromatic heterocycles. The molecule has 0 amide bonds. The summed E-state index contributed by atoms with van der Waals surface area (Å²) in [6.45, 7) is 3.29. The number of carbonyl (C=O) groups is 1. The van der Waals surface area contributed by atoms with Gasteiger partial charge in [-0.1, -0.05) is 12.1 Å². The lowest BCUT2D eigenvalue weighted by Gasteiger charge is -2.16. The highest BCUT2D eigenvalue weighted by atomic mass is 32.1. The van der Waals surface area contributed by atoms with E-state index in [-0.39, 0.29) is 10.6 Å². The normalized spacial score (nSPS) is 12.7. The summed E-state index contributed by atoms with van der Waals surface area (Å²) in [5, 5.41) is 4.45. The lowest BCUT2D eigenvalue weighted by Crippen LogP contribution is -2.18. The fraction of sp³-hybridized carbons (Fsp3) is 0.276. The molecule has 0 aliphatic rings. The standard InChI is InChI=1S/C29H28F3N5O3S/c1-18(19-6-5-7-22(12-19)29(30,31)32)40-24-14-25(41-27(24)28(38)39-4)23-16-33-26-13-20(8-9-37(23)26)21-15-34-36(17-21)11-10-35(2)3/h5-9,12-18H,10-11H2,1-4H3. The predicted octanol–water partition coefficient (Wildman–Crippen LogP) is 6.43. The van der Waals surface area contributed by atoms with Crippen LogP contribution in [0.15, 0.2) is 67.3 Å². The van der Waals surface area contributed by atoms with Crippen molar-refractivity contribution < 1.29 is 27.4 Å². The first-order valence-electron chi connectivity index (χ1n) is 12.7. The van der Waals surface area contributed by atoms with Crippen LogP contribution in [0.1, 0.15) is 33.8 Å². The fourth-order valence-electron chi connectivity index (χ4n) is 4.33. The van der Waals surface area contributed by atoms with Gasteiger partial charge in [-0.2, -0.15) is 18.3 Å². The summed E-state index contributed by atoms with van der Waals surface area (Å²) < 4.78 is 54.5. The predicted molar refractivity (Wildman–Crippen MR) is 150 cm³/mol. The summed E-state index contributed by atoms with van der Waals surface area (Å²) in [5.74, 6) is -0.381. The number of imidazole rings is 1. The summed E-state index contributed by atoms with van der Waals surface area (Å²) in [6.07, 6.45) is 2.18. The van der Waals surface area contributed by atoms with Crippen LogP contribution in [0.2, 0.25) is 0 Å². The number of rotatable bonds is 9. The molecule has 0 saturated heterocycles. The minimum Gasteiger partial charge on any atom is -0.484 e. The molecule has 0 radical (unpaired) electrons. The highest BCUT2D eigenvalue weighted by Crippen LogP contribution is 2.40. The largest absolute Gasteiger partial charge is 0.484 e. The molecule has 5 rings (SSSR count). The van der Waals surface area contributed by atoms with Crippen LogP contribution < -0.4 is 4.74 Å². The van der Waals surface area contributed by atoms with Crippen LogP contribution in [0.3, 0.4) is 0 Å². The molecule has 12 heteroatoms. The van der Waals surface area contributed by atoms with Crippen LogP contribution in [-0.4, -0.2) is 57.8 Å². The Morgan fingerprint density at radius 1 is 1.12 bits per heavy atom. The second kappa shape index (κ2) is 11.4. The van der Waals surface area contributed by atoms with E-state index in [1.165, 1.54) is 13.2 Å². The second-order valence-corrected chi connectivity index (χ2v) is 10.8. The molecule has 8 nitrogen and oxygen atoms in total. The van der Waals surface area contributed by atoms with Gasteiger partial charge in [-0.3, -0.25) is 9.08 Å². The van der Waals surface area contributed by atoms with Crippen LogP contribution in [0.25, 0.3) is 27.3 Å². The Hall–Kier alpha value is -4.16. The maximum atomic E-state index is 13.2. The third-order valence-corrected chi connectivity index (χ3v) is 7.68. The summed E-state index contributed by atoms with van der Waals surface area (Å²) in [6, 6.07) is 10.5. The number of hydrogen-bond acceptors (Lipinski definition) is 7. The van der Waals surface area contributed by atoms with Gasteiger partial charge in [0.25, 0.3) is 0 Å².